The van der Waals surface area contributed by atoms with E-state index in [0.717, 1.165) is 11.4 Å². The van der Waals surface area contributed by atoms with Gasteiger partial charge in [-0.3, -0.25) is 14.0 Å². The Labute approximate surface area is 146 Å². The maximum atomic E-state index is 12.6. The van der Waals surface area contributed by atoms with Gasteiger partial charge in [0.05, 0.1) is 12.2 Å². The smallest absolute Gasteiger partial charge is 0.269 e. The van der Waals surface area contributed by atoms with Crippen molar-refractivity contribution in [3.05, 3.63) is 59.9 Å². The number of amides is 1. The predicted octanol–water partition coefficient (Wildman–Crippen LogP) is 2.54. The number of carbonyl (C=O) groups excluding carboxylic acids is 1. The zero-order valence-corrected chi connectivity index (χ0v) is 14.7. The van der Waals surface area contributed by atoms with Crippen molar-refractivity contribution in [2.75, 3.05) is 0 Å². The number of aromatic nitrogens is 5. The number of para-hydroxylation sites is 1. The van der Waals surface area contributed by atoms with Crippen molar-refractivity contribution in [2.45, 2.75) is 39.8 Å². The quantitative estimate of drug-likeness (QED) is 0.749. The first-order valence-corrected chi connectivity index (χ1v) is 8.40. The molecule has 0 radical (unpaired) electrons. The molecule has 0 atom stereocenters. The Morgan fingerprint density at radius 1 is 1.24 bits per heavy atom. The molecule has 130 valence electrons. The Bertz CT molecular complexity index is 850. The Morgan fingerprint density at radius 2 is 2.00 bits per heavy atom. The van der Waals surface area contributed by atoms with E-state index in [1.165, 1.54) is 0 Å². The Balaban J connectivity index is 1.75. The van der Waals surface area contributed by atoms with Gasteiger partial charge in [-0.15, -0.1) is 10.2 Å². The molecular weight excluding hydrogens is 316 g/mol. The molecule has 7 nitrogen and oxygen atoms in total. The minimum absolute atomic E-state index is 0.163. The fourth-order valence-corrected chi connectivity index (χ4v) is 2.58. The lowest BCUT2D eigenvalue weighted by molar-refractivity contribution is 0.0939. The maximum Gasteiger partial charge on any atom is 0.269 e. The van der Waals surface area contributed by atoms with Crippen molar-refractivity contribution in [3.8, 4) is 5.69 Å². The molecule has 0 aliphatic rings. The van der Waals surface area contributed by atoms with Crippen LogP contribution in [0.25, 0.3) is 5.69 Å². The lowest BCUT2D eigenvalue weighted by atomic mass is 10.1. The molecule has 1 N–H and O–H groups in total. The lowest BCUT2D eigenvalue weighted by Crippen LogP contribution is -2.27. The summed E-state index contributed by atoms with van der Waals surface area (Å²) in [6.07, 6.45) is 1.64. The van der Waals surface area contributed by atoms with Crippen LogP contribution in [0.3, 0.4) is 0 Å². The molecule has 0 saturated heterocycles. The fourth-order valence-electron chi connectivity index (χ4n) is 2.58. The van der Waals surface area contributed by atoms with Crippen LogP contribution in [-0.4, -0.2) is 30.5 Å². The number of rotatable bonds is 6. The Kier molecular flexibility index (Phi) is 4.92. The SMILES string of the molecule is CCn1nc(C(C)C)cc1C(=O)NCc1nncn1-c1ccccc1. The number of benzene rings is 1. The number of hydrogen-bond donors (Lipinski definition) is 1. The van der Waals surface area contributed by atoms with Crippen LogP contribution in [0.15, 0.2) is 42.7 Å². The first-order valence-electron chi connectivity index (χ1n) is 8.40. The first-order chi connectivity index (χ1) is 12.1. The molecule has 0 bridgehead atoms. The van der Waals surface area contributed by atoms with Gasteiger partial charge in [0, 0.05) is 12.2 Å². The molecule has 3 rings (SSSR count). The van der Waals surface area contributed by atoms with Gasteiger partial charge in [-0.05, 0) is 31.0 Å². The van der Waals surface area contributed by atoms with Gasteiger partial charge in [-0.1, -0.05) is 32.0 Å². The van der Waals surface area contributed by atoms with Gasteiger partial charge < -0.3 is 5.32 Å². The van der Waals surface area contributed by atoms with Crippen LogP contribution in [0, 0.1) is 0 Å². The summed E-state index contributed by atoms with van der Waals surface area (Å²) in [6, 6.07) is 11.6. The molecule has 0 aliphatic heterocycles. The van der Waals surface area contributed by atoms with Gasteiger partial charge in [0.1, 0.15) is 12.0 Å². The topological polar surface area (TPSA) is 77.6 Å². The maximum absolute atomic E-state index is 12.6. The van der Waals surface area contributed by atoms with Gasteiger partial charge in [0.2, 0.25) is 0 Å². The monoisotopic (exact) mass is 338 g/mol. The van der Waals surface area contributed by atoms with E-state index in [0.29, 0.717) is 24.6 Å². The highest BCUT2D eigenvalue weighted by atomic mass is 16.2. The van der Waals surface area contributed by atoms with Crippen LogP contribution in [0.4, 0.5) is 0 Å². The van der Waals surface area contributed by atoms with Gasteiger partial charge in [-0.2, -0.15) is 5.10 Å². The van der Waals surface area contributed by atoms with Crippen LogP contribution < -0.4 is 5.32 Å². The van der Waals surface area contributed by atoms with Crippen molar-refractivity contribution in [1.82, 2.24) is 29.9 Å². The summed E-state index contributed by atoms with van der Waals surface area (Å²) >= 11 is 0. The van der Waals surface area contributed by atoms with Crippen LogP contribution in [0.2, 0.25) is 0 Å². The van der Waals surface area contributed by atoms with Crippen molar-refractivity contribution in [1.29, 1.82) is 0 Å². The standard InChI is InChI=1S/C18H22N6O/c1-4-24-16(10-15(22-24)13(2)3)18(25)19-11-17-21-20-12-23(17)14-8-6-5-7-9-14/h5-10,12-13H,4,11H2,1-3H3,(H,19,25). The summed E-state index contributed by atoms with van der Waals surface area (Å²) < 4.78 is 3.59. The van der Waals surface area contributed by atoms with E-state index < -0.39 is 0 Å². The molecule has 2 heterocycles. The third kappa shape index (κ3) is 3.60. The molecule has 1 amide bonds. The highest BCUT2D eigenvalue weighted by Crippen LogP contribution is 2.15. The lowest BCUT2D eigenvalue weighted by Gasteiger charge is -2.08. The molecule has 0 unspecified atom stereocenters. The summed E-state index contributed by atoms with van der Waals surface area (Å²) in [7, 11) is 0. The Morgan fingerprint density at radius 3 is 2.68 bits per heavy atom. The van der Waals surface area contributed by atoms with Gasteiger partial charge in [0.25, 0.3) is 5.91 Å². The number of aryl methyl sites for hydroxylation is 1. The summed E-state index contributed by atoms with van der Waals surface area (Å²) in [4.78, 5) is 12.6. The third-order valence-electron chi connectivity index (χ3n) is 3.98. The van der Waals surface area contributed by atoms with Crippen LogP contribution in [0.1, 0.15) is 48.7 Å². The van der Waals surface area contributed by atoms with Crippen molar-refractivity contribution < 1.29 is 4.79 Å². The average molecular weight is 338 g/mol. The second-order valence-corrected chi connectivity index (χ2v) is 6.06. The summed E-state index contributed by atoms with van der Waals surface area (Å²) in [5.41, 5.74) is 2.44. The molecule has 25 heavy (non-hydrogen) atoms. The van der Waals surface area contributed by atoms with Gasteiger partial charge >= 0.3 is 0 Å². The number of hydrogen-bond acceptors (Lipinski definition) is 4. The van der Waals surface area contributed by atoms with Crippen molar-refractivity contribution in [3.63, 3.8) is 0 Å². The van der Waals surface area contributed by atoms with Crippen LogP contribution in [0.5, 0.6) is 0 Å². The van der Waals surface area contributed by atoms with E-state index in [4.69, 9.17) is 0 Å². The number of nitrogens with zero attached hydrogens (tertiary/aromatic N) is 5. The molecule has 7 heteroatoms. The number of carbonyl (C=O) groups is 1. The number of nitrogens with one attached hydrogen (secondary N) is 1. The zero-order valence-electron chi connectivity index (χ0n) is 14.7. The van der Waals surface area contributed by atoms with E-state index in [-0.39, 0.29) is 11.8 Å². The highest BCUT2D eigenvalue weighted by molar-refractivity contribution is 5.92. The van der Waals surface area contributed by atoms with Crippen LogP contribution >= 0.6 is 0 Å². The second-order valence-electron chi connectivity index (χ2n) is 6.06. The molecule has 3 aromatic rings. The molecular formula is C18H22N6O. The van der Waals surface area contributed by atoms with E-state index in [2.05, 4.69) is 34.5 Å². The Hall–Kier alpha value is -2.96. The predicted molar refractivity (Wildman–Crippen MR) is 94.5 cm³/mol. The highest BCUT2D eigenvalue weighted by Gasteiger charge is 2.17. The second kappa shape index (κ2) is 7.29. The third-order valence-corrected chi connectivity index (χ3v) is 3.98. The van der Waals surface area contributed by atoms with Crippen molar-refractivity contribution >= 4 is 5.91 Å². The summed E-state index contributed by atoms with van der Waals surface area (Å²) in [5.74, 6) is 0.788. The molecule has 2 aromatic heterocycles. The van der Waals surface area contributed by atoms with E-state index in [1.54, 1.807) is 11.0 Å². The molecule has 0 saturated carbocycles. The molecule has 1 aromatic carbocycles. The largest absolute Gasteiger partial charge is 0.343 e. The minimum Gasteiger partial charge on any atom is -0.343 e. The molecule has 0 spiro atoms. The average Bonchev–Trinajstić information content (AvgIpc) is 3.27. The zero-order chi connectivity index (χ0) is 17.8. The van der Waals surface area contributed by atoms with Crippen molar-refractivity contribution in [2.24, 2.45) is 0 Å². The molecule has 0 aliphatic carbocycles. The summed E-state index contributed by atoms with van der Waals surface area (Å²) in [5, 5.41) is 15.5. The van der Waals surface area contributed by atoms with E-state index in [1.807, 2.05) is 47.9 Å². The normalized spacial score (nSPS) is 11.0. The summed E-state index contributed by atoms with van der Waals surface area (Å²) in [6.45, 7) is 7.04. The van der Waals surface area contributed by atoms with Gasteiger partial charge in [-0.25, -0.2) is 0 Å². The molecule has 0 fully saturated rings. The van der Waals surface area contributed by atoms with E-state index in [9.17, 15) is 4.79 Å². The minimum atomic E-state index is -0.163. The van der Waals surface area contributed by atoms with E-state index >= 15 is 0 Å². The fraction of sp³-hybridized carbons (Fsp3) is 0.333. The van der Waals surface area contributed by atoms with Gasteiger partial charge in [0.15, 0.2) is 5.82 Å². The van der Waals surface area contributed by atoms with Crippen LogP contribution in [-0.2, 0) is 13.1 Å². The first kappa shape index (κ1) is 16.9.